The Labute approximate surface area is 113 Å². The van der Waals surface area contributed by atoms with E-state index in [0.717, 1.165) is 12.8 Å². The average molecular weight is 269 g/mol. The maximum absolute atomic E-state index is 11.8. The van der Waals surface area contributed by atoms with Gasteiger partial charge in [-0.1, -0.05) is 19.3 Å². The number of carbonyl (C=O) groups is 2. The molecule has 0 bridgehead atoms. The van der Waals surface area contributed by atoms with E-state index in [1.807, 2.05) is 0 Å². The van der Waals surface area contributed by atoms with E-state index in [9.17, 15) is 9.59 Å². The molecule has 1 aliphatic carbocycles. The normalized spacial score (nSPS) is 20.9. The van der Waals surface area contributed by atoms with Crippen LogP contribution < -0.4 is 10.6 Å². The predicted molar refractivity (Wildman–Crippen MR) is 70.8 cm³/mol. The third kappa shape index (κ3) is 4.70. The summed E-state index contributed by atoms with van der Waals surface area (Å²) in [4.78, 5) is 25.2. The summed E-state index contributed by atoms with van der Waals surface area (Å²) in [7, 11) is 0. The fraction of sp³-hybridized carbons (Fsp3) is 0.846. The zero-order chi connectivity index (χ0) is 13.5. The van der Waals surface area contributed by atoms with E-state index in [1.54, 1.807) is 4.90 Å². The molecule has 19 heavy (non-hydrogen) atoms. The van der Waals surface area contributed by atoms with Gasteiger partial charge in [-0.3, -0.25) is 4.79 Å². The van der Waals surface area contributed by atoms with Gasteiger partial charge in [-0.2, -0.15) is 0 Å². The van der Waals surface area contributed by atoms with Crippen molar-refractivity contribution in [1.29, 1.82) is 0 Å². The summed E-state index contributed by atoms with van der Waals surface area (Å²) >= 11 is 0. The highest BCUT2D eigenvalue weighted by Gasteiger charge is 2.19. The number of hydrogen-bond donors (Lipinski definition) is 2. The van der Waals surface area contributed by atoms with Gasteiger partial charge >= 0.3 is 6.03 Å². The molecule has 2 N–H and O–H groups in total. The van der Waals surface area contributed by atoms with Crippen LogP contribution in [-0.2, 0) is 9.53 Å². The van der Waals surface area contributed by atoms with Gasteiger partial charge in [0, 0.05) is 19.1 Å². The molecule has 2 aliphatic rings. The van der Waals surface area contributed by atoms with Gasteiger partial charge in [-0.25, -0.2) is 4.79 Å². The summed E-state index contributed by atoms with van der Waals surface area (Å²) < 4.78 is 5.18. The molecule has 0 aromatic rings. The van der Waals surface area contributed by atoms with Gasteiger partial charge in [0.05, 0.1) is 19.8 Å². The molecule has 1 heterocycles. The Morgan fingerprint density at radius 1 is 1.11 bits per heavy atom. The number of morpholine rings is 1. The van der Waals surface area contributed by atoms with E-state index >= 15 is 0 Å². The molecule has 0 atom stereocenters. The molecule has 0 spiro atoms. The minimum atomic E-state index is -0.228. The van der Waals surface area contributed by atoms with Crippen molar-refractivity contribution in [3.8, 4) is 0 Å². The number of ether oxygens (including phenoxy) is 1. The highest BCUT2D eigenvalue weighted by Crippen LogP contribution is 2.17. The van der Waals surface area contributed by atoms with Gasteiger partial charge in [0.1, 0.15) is 0 Å². The monoisotopic (exact) mass is 269 g/mol. The molecule has 108 valence electrons. The molecule has 1 saturated heterocycles. The minimum Gasteiger partial charge on any atom is -0.378 e. The number of nitrogens with zero attached hydrogens (tertiary/aromatic N) is 1. The maximum Gasteiger partial charge on any atom is 0.315 e. The van der Waals surface area contributed by atoms with Crippen molar-refractivity contribution in [2.45, 2.75) is 38.1 Å². The first-order valence-corrected chi connectivity index (χ1v) is 7.15. The van der Waals surface area contributed by atoms with Crippen LogP contribution in [0.3, 0.4) is 0 Å². The fourth-order valence-corrected chi connectivity index (χ4v) is 2.56. The van der Waals surface area contributed by atoms with Gasteiger partial charge < -0.3 is 20.3 Å². The van der Waals surface area contributed by atoms with Crippen molar-refractivity contribution in [1.82, 2.24) is 15.5 Å². The molecule has 0 unspecified atom stereocenters. The summed E-state index contributed by atoms with van der Waals surface area (Å²) in [5.74, 6) is -0.0397. The standard InChI is InChI=1S/C13H23N3O3/c17-12(16-6-8-19-9-7-16)10-14-13(18)15-11-4-2-1-3-5-11/h11H,1-10H2,(H2,14,15,18). The molecular weight excluding hydrogens is 246 g/mol. The van der Waals surface area contributed by atoms with Crippen LogP contribution in [0, 0.1) is 0 Å². The second-order valence-electron chi connectivity index (χ2n) is 5.16. The molecule has 6 heteroatoms. The van der Waals surface area contributed by atoms with Gasteiger partial charge in [-0.05, 0) is 12.8 Å². The molecular formula is C13H23N3O3. The van der Waals surface area contributed by atoms with E-state index < -0.39 is 0 Å². The van der Waals surface area contributed by atoms with Crippen molar-refractivity contribution in [3.05, 3.63) is 0 Å². The smallest absolute Gasteiger partial charge is 0.315 e. The molecule has 0 radical (unpaired) electrons. The number of rotatable bonds is 3. The first kappa shape index (κ1) is 14.1. The second kappa shape index (κ2) is 7.33. The molecule has 2 fully saturated rings. The van der Waals surface area contributed by atoms with E-state index in [2.05, 4.69) is 10.6 Å². The van der Waals surface area contributed by atoms with E-state index in [1.165, 1.54) is 19.3 Å². The third-order valence-corrected chi connectivity index (χ3v) is 3.70. The highest BCUT2D eigenvalue weighted by molar-refractivity contribution is 5.84. The molecule has 0 aromatic heterocycles. The lowest BCUT2D eigenvalue weighted by Crippen LogP contribution is -2.49. The summed E-state index contributed by atoms with van der Waals surface area (Å²) in [6, 6.07) is 0.0424. The molecule has 2 rings (SSSR count). The number of carbonyl (C=O) groups excluding carboxylic acids is 2. The van der Waals surface area contributed by atoms with Crippen molar-refractivity contribution >= 4 is 11.9 Å². The SMILES string of the molecule is O=C(NCC(=O)N1CCOCC1)NC1CCCCC1. The Bertz CT molecular complexity index is 310. The summed E-state index contributed by atoms with van der Waals surface area (Å²) in [6.07, 6.45) is 5.71. The summed E-state index contributed by atoms with van der Waals surface area (Å²) in [5.41, 5.74) is 0. The van der Waals surface area contributed by atoms with Crippen molar-refractivity contribution in [3.63, 3.8) is 0 Å². The van der Waals surface area contributed by atoms with Gasteiger partial charge in [0.15, 0.2) is 0 Å². The summed E-state index contributed by atoms with van der Waals surface area (Å²) in [6.45, 7) is 2.47. The van der Waals surface area contributed by atoms with Crippen LogP contribution in [0.1, 0.15) is 32.1 Å². The van der Waals surface area contributed by atoms with E-state index in [0.29, 0.717) is 26.3 Å². The predicted octanol–water partition coefficient (Wildman–Crippen LogP) is 0.477. The molecule has 1 aliphatic heterocycles. The lowest BCUT2D eigenvalue weighted by molar-refractivity contribution is -0.134. The Morgan fingerprint density at radius 3 is 2.47 bits per heavy atom. The molecule has 1 saturated carbocycles. The van der Waals surface area contributed by atoms with E-state index in [4.69, 9.17) is 4.74 Å². The fourth-order valence-electron chi connectivity index (χ4n) is 2.56. The number of nitrogens with one attached hydrogen (secondary N) is 2. The van der Waals surface area contributed by atoms with Gasteiger partial charge in [-0.15, -0.1) is 0 Å². The quantitative estimate of drug-likeness (QED) is 0.783. The van der Waals surface area contributed by atoms with Crippen molar-refractivity contribution in [2.24, 2.45) is 0 Å². The Kier molecular flexibility index (Phi) is 5.44. The van der Waals surface area contributed by atoms with Crippen molar-refractivity contribution < 1.29 is 14.3 Å². The maximum atomic E-state index is 11.8. The molecule has 0 aromatic carbocycles. The van der Waals surface area contributed by atoms with Gasteiger partial charge in [0.25, 0.3) is 0 Å². The van der Waals surface area contributed by atoms with Gasteiger partial charge in [0.2, 0.25) is 5.91 Å². The number of urea groups is 1. The van der Waals surface area contributed by atoms with Crippen LogP contribution in [0.2, 0.25) is 0 Å². The van der Waals surface area contributed by atoms with Crippen LogP contribution in [0.5, 0.6) is 0 Å². The first-order valence-electron chi connectivity index (χ1n) is 7.15. The van der Waals surface area contributed by atoms with Crippen LogP contribution in [0.4, 0.5) is 4.79 Å². The lowest BCUT2D eigenvalue weighted by Gasteiger charge is -2.27. The molecule has 6 nitrogen and oxygen atoms in total. The zero-order valence-electron chi connectivity index (χ0n) is 11.3. The Hall–Kier alpha value is -1.30. The van der Waals surface area contributed by atoms with Crippen molar-refractivity contribution in [2.75, 3.05) is 32.8 Å². The average Bonchev–Trinajstić information content (AvgIpc) is 2.47. The highest BCUT2D eigenvalue weighted by atomic mass is 16.5. The van der Waals surface area contributed by atoms with Crippen LogP contribution in [-0.4, -0.2) is 55.7 Å². The Balaban J connectivity index is 1.63. The zero-order valence-corrected chi connectivity index (χ0v) is 11.3. The minimum absolute atomic E-state index is 0.0397. The van der Waals surface area contributed by atoms with E-state index in [-0.39, 0.29) is 24.5 Å². The number of hydrogen-bond acceptors (Lipinski definition) is 3. The molecule has 3 amide bonds. The third-order valence-electron chi connectivity index (χ3n) is 3.70. The largest absolute Gasteiger partial charge is 0.378 e. The topological polar surface area (TPSA) is 70.7 Å². The first-order chi connectivity index (χ1) is 9.25. The summed E-state index contributed by atoms with van der Waals surface area (Å²) in [5, 5.41) is 5.58. The van der Waals surface area contributed by atoms with Crippen LogP contribution in [0.15, 0.2) is 0 Å². The van der Waals surface area contributed by atoms with Crippen LogP contribution in [0.25, 0.3) is 0 Å². The lowest BCUT2D eigenvalue weighted by atomic mass is 9.96. The Morgan fingerprint density at radius 2 is 1.79 bits per heavy atom. The second-order valence-corrected chi connectivity index (χ2v) is 5.16. The number of amides is 3. The van der Waals surface area contributed by atoms with Crippen LogP contribution >= 0.6 is 0 Å².